The SMILES string of the molecule is CC(C)(c1ccc(Br)cc1)c1nnc(NC(=O)c2cc(S(=O)(=O)NCC3CC3)ccc2F)s1. The van der Waals surface area contributed by atoms with Gasteiger partial charge in [-0.25, -0.2) is 17.5 Å². The van der Waals surface area contributed by atoms with Gasteiger partial charge >= 0.3 is 0 Å². The summed E-state index contributed by atoms with van der Waals surface area (Å²) in [4.78, 5) is 12.6. The number of aromatic nitrogens is 2. The number of anilines is 1. The van der Waals surface area contributed by atoms with E-state index >= 15 is 0 Å². The van der Waals surface area contributed by atoms with Crippen molar-refractivity contribution in [2.75, 3.05) is 11.9 Å². The van der Waals surface area contributed by atoms with Crippen molar-refractivity contribution >= 4 is 48.3 Å². The van der Waals surface area contributed by atoms with Gasteiger partial charge in [-0.15, -0.1) is 10.2 Å². The number of hydrogen-bond acceptors (Lipinski definition) is 6. The Labute approximate surface area is 204 Å². The molecule has 1 aliphatic carbocycles. The van der Waals surface area contributed by atoms with Gasteiger partial charge in [0.15, 0.2) is 0 Å². The Balaban J connectivity index is 1.52. The van der Waals surface area contributed by atoms with E-state index in [9.17, 15) is 17.6 Å². The highest BCUT2D eigenvalue weighted by Gasteiger charge is 2.29. The fourth-order valence-corrected chi connectivity index (χ4v) is 5.43. The molecule has 0 spiro atoms. The largest absolute Gasteiger partial charge is 0.296 e. The molecule has 1 heterocycles. The maximum Gasteiger partial charge on any atom is 0.260 e. The molecule has 0 bridgehead atoms. The molecule has 0 aliphatic heterocycles. The summed E-state index contributed by atoms with van der Waals surface area (Å²) in [6.07, 6.45) is 1.98. The molecule has 4 rings (SSSR count). The van der Waals surface area contributed by atoms with Gasteiger partial charge in [-0.3, -0.25) is 10.1 Å². The number of carbonyl (C=O) groups excluding carboxylic acids is 1. The van der Waals surface area contributed by atoms with Gasteiger partial charge in [-0.1, -0.05) is 39.4 Å². The molecule has 1 saturated carbocycles. The predicted octanol–water partition coefficient (Wildman–Crippen LogP) is 4.71. The Kier molecular flexibility index (Phi) is 6.68. The molecule has 3 aromatic rings. The van der Waals surface area contributed by atoms with Crippen molar-refractivity contribution in [3.63, 3.8) is 0 Å². The lowest BCUT2D eigenvalue weighted by atomic mass is 9.85. The first kappa shape index (κ1) is 23.9. The highest BCUT2D eigenvalue weighted by Crippen LogP contribution is 2.35. The van der Waals surface area contributed by atoms with Crippen molar-refractivity contribution in [3.8, 4) is 0 Å². The van der Waals surface area contributed by atoms with Gasteiger partial charge < -0.3 is 0 Å². The average molecular weight is 553 g/mol. The van der Waals surface area contributed by atoms with Gasteiger partial charge in [0.25, 0.3) is 5.91 Å². The third-order valence-corrected chi connectivity index (χ3v) is 8.61. The van der Waals surface area contributed by atoms with Gasteiger partial charge in [0.1, 0.15) is 10.8 Å². The van der Waals surface area contributed by atoms with Gasteiger partial charge in [0, 0.05) is 16.4 Å². The van der Waals surface area contributed by atoms with E-state index in [4.69, 9.17) is 0 Å². The molecule has 1 aliphatic rings. The van der Waals surface area contributed by atoms with E-state index in [1.165, 1.54) is 11.3 Å². The Morgan fingerprint density at radius 3 is 2.55 bits per heavy atom. The minimum absolute atomic E-state index is 0.163. The Morgan fingerprint density at radius 2 is 1.88 bits per heavy atom. The second-order valence-corrected chi connectivity index (χ2v) is 12.1. The fraction of sp³-hybridized carbons (Fsp3) is 0.318. The number of halogens is 2. The average Bonchev–Trinajstić information content (AvgIpc) is 3.49. The molecule has 33 heavy (non-hydrogen) atoms. The van der Waals surface area contributed by atoms with Crippen LogP contribution in [0.4, 0.5) is 9.52 Å². The van der Waals surface area contributed by atoms with Crippen molar-refractivity contribution in [1.82, 2.24) is 14.9 Å². The van der Waals surface area contributed by atoms with Crippen LogP contribution in [0.3, 0.4) is 0 Å². The minimum atomic E-state index is -3.84. The molecule has 1 aromatic heterocycles. The molecule has 2 N–H and O–H groups in total. The van der Waals surface area contributed by atoms with Crippen LogP contribution in [0.15, 0.2) is 51.8 Å². The van der Waals surface area contributed by atoms with Crippen LogP contribution < -0.4 is 10.0 Å². The summed E-state index contributed by atoms with van der Waals surface area (Å²) < 4.78 is 42.8. The van der Waals surface area contributed by atoms with Crippen molar-refractivity contribution in [1.29, 1.82) is 0 Å². The summed E-state index contributed by atoms with van der Waals surface area (Å²) in [5.74, 6) is -1.28. The number of sulfonamides is 1. The van der Waals surface area contributed by atoms with Crippen LogP contribution in [0.2, 0.25) is 0 Å². The van der Waals surface area contributed by atoms with Crippen LogP contribution in [0, 0.1) is 11.7 Å². The summed E-state index contributed by atoms with van der Waals surface area (Å²) in [6.45, 7) is 4.32. The summed E-state index contributed by atoms with van der Waals surface area (Å²) in [5.41, 5.74) is 0.170. The summed E-state index contributed by atoms with van der Waals surface area (Å²) in [7, 11) is -3.84. The standard InChI is InChI=1S/C22H22BrFN4O3S2/c1-22(2,14-5-7-15(23)8-6-14)20-27-28-21(32-20)26-19(29)17-11-16(9-10-18(17)24)33(30,31)25-12-13-3-4-13/h5-11,13,25H,3-4,12H2,1-2H3,(H,26,28,29). The summed E-state index contributed by atoms with van der Waals surface area (Å²) >= 11 is 4.59. The molecule has 0 unspecified atom stereocenters. The first-order valence-corrected chi connectivity index (χ1v) is 13.4. The predicted molar refractivity (Wildman–Crippen MR) is 128 cm³/mol. The maximum absolute atomic E-state index is 14.4. The van der Waals surface area contributed by atoms with Crippen LogP contribution in [-0.2, 0) is 15.4 Å². The number of nitrogens with one attached hydrogen (secondary N) is 2. The van der Waals surface area contributed by atoms with Crippen molar-refractivity contribution in [2.24, 2.45) is 5.92 Å². The molecule has 174 valence electrons. The second kappa shape index (κ2) is 9.21. The molecule has 0 radical (unpaired) electrons. The Hall–Kier alpha value is -2.21. The number of rotatable bonds is 8. The molecule has 11 heteroatoms. The number of amides is 1. The van der Waals surface area contributed by atoms with Gasteiger partial charge in [0.2, 0.25) is 15.2 Å². The van der Waals surface area contributed by atoms with E-state index in [1.54, 1.807) is 0 Å². The van der Waals surface area contributed by atoms with Crippen molar-refractivity contribution in [2.45, 2.75) is 37.0 Å². The monoisotopic (exact) mass is 552 g/mol. The molecular weight excluding hydrogens is 531 g/mol. The Bertz CT molecular complexity index is 1290. The highest BCUT2D eigenvalue weighted by atomic mass is 79.9. The van der Waals surface area contributed by atoms with E-state index in [1.807, 2.05) is 38.1 Å². The topological polar surface area (TPSA) is 101 Å². The lowest BCUT2D eigenvalue weighted by Gasteiger charge is -2.21. The number of nitrogens with zero attached hydrogens (tertiary/aromatic N) is 2. The molecule has 1 amide bonds. The molecular formula is C22H22BrFN4O3S2. The van der Waals surface area contributed by atoms with Crippen LogP contribution in [0.5, 0.6) is 0 Å². The van der Waals surface area contributed by atoms with E-state index in [0.29, 0.717) is 17.5 Å². The third-order valence-electron chi connectivity index (χ3n) is 5.50. The van der Waals surface area contributed by atoms with Crippen LogP contribution in [-0.4, -0.2) is 31.1 Å². The van der Waals surface area contributed by atoms with Crippen LogP contribution in [0.1, 0.15) is 47.6 Å². The maximum atomic E-state index is 14.4. The van der Waals surface area contributed by atoms with E-state index in [0.717, 1.165) is 41.1 Å². The van der Waals surface area contributed by atoms with E-state index in [-0.39, 0.29) is 15.6 Å². The normalized spacial score (nSPS) is 14.3. The third kappa shape index (κ3) is 5.48. The van der Waals surface area contributed by atoms with E-state index in [2.05, 4.69) is 36.2 Å². The quantitative estimate of drug-likeness (QED) is 0.421. The van der Waals surface area contributed by atoms with E-state index < -0.39 is 27.2 Å². The Morgan fingerprint density at radius 1 is 1.18 bits per heavy atom. The van der Waals surface area contributed by atoms with Gasteiger partial charge in [-0.2, -0.15) is 0 Å². The highest BCUT2D eigenvalue weighted by molar-refractivity contribution is 9.10. The first-order chi connectivity index (χ1) is 15.6. The molecule has 2 aromatic carbocycles. The summed E-state index contributed by atoms with van der Waals surface area (Å²) in [6, 6.07) is 11.0. The number of carbonyl (C=O) groups is 1. The zero-order valence-electron chi connectivity index (χ0n) is 17.9. The summed E-state index contributed by atoms with van der Waals surface area (Å²) in [5, 5.41) is 11.6. The molecule has 7 nitrogen and oxygen atoms in total. The molecule has 0 atom stereocenters. The van der Waals surface area contributed by atoms with Crippen molar-refractivity contribution in [3.05, 3.63) is 68.9 Å². The number of benzene rings is 2. The molecule has 0 saturated heterocycles. The minimum Gasteiger partial charge on any atom is -0.296 e. The molecule has 1 fully saturated rings. The zero-order chi connectivity index (χ0) is 23.8. The number of hydrogen-bond donors (Lipinski definition) is 2. The van der Waals surface area contributed by atoms with Crippen LogP contribution >= 0.6 is 27.3 Å². The van der Waals surface area contributed by atoms with Crippen molar-refractivity contribution < 1.29 is 17.6 Å². The van der Waals surface area contributed by atoms with Gasteiger partial charge in [-0.05, 0) is 68.5 Å². The van der Waals surface area contributed by atoms with Crippen LogP contribution in [0.25, 0.3) is 0 Å². The smallest absolute Gasteiger partial charge is 0.260 e. The lowest BCUT2D eigenvalue weighted by Crippen LogP contribution is -2.26. The lowest BCUT2D eigenvalue weighted by molar-refractivity contribution is 0.102. The zero-order valence-corrected chi connectivity index (χ0v) is 21.2. The second-order valence-electron chi connectivity index (χ2n) is 8.44. The first-order valence-electron chi connectivity index (χ1n) is 10.3. The fourth-order valence-electron chi connectivity index (χ4n) is 3.16. The van der Waals surface area contributed by atoms with Gasteiger partial charge in [0.05, 0.1) is 10.5 Å².